The van der Waals surface area contributed by atoms with Crippen LogP contribution in [0.1, 0.15) is 37.3 Å². The van der Waals surface area contributed by atoms with Crippen LogP contribution in [0.5, 0.6) is 0 Å². The largest absolute Gasteiger partial charge is 0.371 e. The summed E-state index contributed by atoms with van der Waals surface area (Å²) in [7, 11) is -1.18. The summed E-state index contributed by atoms with van der Waals surface area (Å²) in [5, 5.41) is 0.569. The quantitative estimate of drug-likeness (QED) is 0.701. The van der Waals surface area contributed by atoms with Gasteiger partial charge in [0.2, 0.25) is 0 Å². The van der Waals surface area contributed by atoms with Crippen molar-refractivity contribution in [3.05, 3.63) is 53.6 Å². The summed E-state index contributed by atoms with van der Waals surface area (Å²) in [6.07, 6.45) is 4.70. The molecule has 0 amide bonds. The molecule has 2 aromatic carbocycles. The zero-order chi connectivity index (χ0) is 17.9. The Labute approximate surface area is 157 Å². The number of hydrogen-bond acceptors (Lipinski definition) is 3. The third-order valence-corrected chi connectivity index (χ3v) is 6.24. The first kappa shape index (κ1) is 17.3. The monoisotopic (exact) mass is 367 g/mol. The molecule has 0 spiro atoms. The van der Waals surface area contributed by atoms with Crippen molar-refractivity contribution >= 4 is 27.5 Å². The normalized spacial score (nSPS) is 15.2. The Bertz CT molecular complexity index is 901. The molecule has 5 heteroatoms. The average Bonchev–Trinajstić information content (AvgIpc) is 3.11. The number of aryl methyl sites for hydroxylation is 1. The van der Waals surface area contributed by atoms with Gasteiger partial charge in [0, 0.05) is 18.8 Å². The van der Waals surface area contributed by atoms with Gasteiger partial charge in [-0.3, -0.25) is 4.21 Å². The van der Waals surface area contributed by atoms with Crippen LogP contribution in [0.4, 0.5) is 5.69 Å². The zero-order valence-corrected chi connectivity index (χ0v) is 16.0. The lowest BCUT2D eigenvalue weighted by Gasteiger charge is -2.33. The molecule has 0 bridgehead atoms. The number of unbranched alkanes of at least 4 members (excludes halogenated alkanes) is 1. The molecule has 1 atom stereocenters. The zero-order valence-electron chi connectivity index (χ0n) is 15.2. The van der Waals surface area contributed by atoms with Crippen LogP contribution in [-0.2, 0) is 23.0 Å². The molecule has 4 rings (SSSR count). The number of nitrogens with one attached hydrogen (secondary N) is 1. The van der Waals surface area contributed by atoms with Crippen molar-refractivity contribution in [2.24, 2.45) is 0 Å². The van der Waals surface area contributed by atoms with Crippen molar-refractivity contribution in [3.63, 3.8) is 0 Å². The van der Waals surface area contributed by atoms with Gasteiger partial charge in [-0.1, -0.05) is 43.7 Å². The second-order valence-corrected chi connectivity index (χ2v) is 8.28. The first-order valence-corrected chi connectivity index (χ1v) is 10.8. The van der Waals surface area contributed by atoms with Gasteiger partial charge in [0.15, 0.2) is 5.16 Å². The fourth-order valence-corrected chi connectivity index (χ4v) is 4.84. The third-order valence-electron chi connectivity index (χ3n) is 5.05. The van der Waals surface area contributed by atoms with E-state index in [0.29, 0.717) is 10.9 Å². The Balaban J connectivity index is 1.62. The van der Waals surface area contributed by atoms with Gasteiger partial charge in [0.1, 0.15) is 0 Å². The predicted molar refractivity (Wildman–Crippen MR) is 108 cm³/mol. The number of aromatic amines is 1. The smallest absolute Gasteiger partial charge is 0.197 e. The molecule has 1 N–H and O–H groups in total. The minimum atomic E-state index is -1.18. The summed E-state index contributed by atoms with van der Waals surface area (Å²) in [4.78, 5) is 10.2. The molecule has 1 aromatic heterocycles. The molecule has 0 aliphatic carbocycles. The maximum atomic E-state index is 13.0. The van der Waals surface area contributed by atoms with Crippen LogP contribution in [0.25, 0.3) is 11.0 Å². The van der Waals surface area contributed by atoms with Crippen molar-refractivity contribution in [3.8, 4) is 0 Å². The molecule has 26 heavy (non-hydrogen) atoms. The molecule has 1 aliphatic rings. The lowest BCUT2D eigenvalue weighted by molar-refractivity contribution is 0.655. The fourth-order valence-electron chi connectivity index (χ4n) is 3.76. The van der Waals surface area contributed by atoms with Crippen LogP contribution >= 0.6 is 0 Å². The standard InChI is InChI=1S/C21H25N3OS/c1-2-3-13-24-14-7-10-16-8-6-9-17(20(16)24)15-26(25)21-22-18-11-4-5-12-19(18)23-21/h4-6,8-9,11-12H,2-3,7,10,13-15H2,1H3,(H,22,23). The Morgan fingerprint density at radius 2 is 2.08 bits per heavy atom. The highest BCUT2D eigenvalue weighted by molar-refractivity contribution is 7.84. The number of fused-ring (bicyclic) bond motifs is 2. The summed E-state index contributed by atoms with van der Waals surface area (Å²) in [5.41, 5.74) is 5.70. The molecule has 4 nitrogen and oxygen atoms in total. The van der Waals surface area contributed by atoms with Gasteiger partial charge < -0.3 is 9.88 Å². The number of H-pyrrole nitrogens is 1. The van der Waals surface area contributed by atoms with E-state index in [1.165, 1.54) is 36.1 Å². The minimum absolute atomic E-state index is 0.506. The van der Waals surface area contributed by atoms with E-state index < -0.39 is 10.8 Å². The van der Waals surface area contributed by atoms with E-state index in [0.717, 1.165) is 30.5 Å². The fraction of sp³-hybridized carbons (Fsp3) is 0.381. The molecule has 0 fully saturated rings. The van der Waals surface area contributed by atoms with Crippen LogP contribution in [0.2, 0.25) is 0 Å². The molecule has 0 radical (unpaired) electrons. The van der Waals surface area contributed by atoms with E-state index >= 15 is 0 Å². The average molecular weight is 368 g/mol. The number of hydrogen-bond donors (Lipinski definition) is 1. The Morgan fingerprint density at radius 3 is 2.92 bits per heavy atom. The molecular weight excluding hydrogens is 342 g/mol. The maximum absolute atomic E-state index is 13.0. The SMILES string of the molecule is CCCCN1CCCc2cccc(CS(=O)c3nc4ccccc4[nH]3)c21. The highest BCUT2D eigenvalue weighted by Crippen LogP contribution is 2.32. The molecule has 1 unspecified atom stereocenters. The lowest BCUT2D eigenvalue weighted by Crippen LogP contribution is -2.31. The topological polar surface area (TPSA) is 49.0 Å². The van der Waals surface area contributed by atoms with E-state index in [-0.39, 0.29) is 0 Å². The summed E-state index contributed by atoms with van der Waals surface area (Å²) >= 11 is 0. The second-order valence-electron chi connectivity index (χ2n) is 6.92. The van der Waals surface area contributed by atoms with Crippen LogP contribution in [0, 0.1) is 0 Å². The molecule has 136 valence electrons. The number of benzene rings is 2. The molecule has 1 aliphatic heterocycles. The van der Waals surface area contributed by atoms with Crippen molar-refractivity contribution in [2.75, 3.05) is 18.0 Å². The highest BCUT2D eigenvalue weighted by atomic mass is 32.2. The first-order valence-electron chi connectivity index (χ1n) is 9.45. The van der Waals surface area contributed by atoms with Crippen LogP contribution in [-0.4, -0.2) is 27.3 Å². The van der Waals surface area contributed by atoms with E-state index in [2.05, 4.69) is 40.0 Å². The van der Waals surface area contributed by atoms with Crippen LogP contribution < -0.4 is 4.90 Å². The summed E-state index contributed by atoms with van der Waals surface area (Å²) < 4.78 is 13.0. The Morgan fingerprint density at radius 1 is 1.19 bits per heavy atom. The Hall–Kier alpha value is -2.14. The molecule has 0 saturated carbocycles. The van der Waals surface area contributed by atoms with E-state index in [1.807, 2.05) is 24.3 Å². The molecule has 0 saturated heterocycles. The van der Waals surface area contributed by atoms with Gasteiger partial charge in [-0.25, -0.2) is 4.98 Å². The molecule has 3 aromatic rings. The van der Waals surface area contributed by atoms with E-state index in [1.54, 1.807) is 0 Å². The van der Waals surface area contributed by atoms with Crippen LogP contribution in [0.3, 0.4) is 0 Å². The molecule has 2 heterocycles. The summed E-state index contributed by atoms with van der Waals surface area (Å²) in [6, 6.07) is 14.3. The van der Waals surface area contributed by atoms with Crippen molar-refractivity contribution in [1.29, 1.82) is 0 Å². The van der Waals surface area contributed by atoms with Gasteiger partial charge >= 0.3 is 0 Å². The Kier molecular flexibility index (Phi) is 5.07. The maximum Gasteiger partial charge on any atom is 0.197 e. The van der Waals surface area contributed by atoms with Crippen molar-refractivity contribution < 1.29 is 4.21 Å². The van der Waals surface area contributed by atoms with Crippen molar-refractivity contribution in [2.45, 2.75) is 43.5 Å². The number of anilines is 1. The van der Waals surface area contributed by atoms with Gasteiger partial charge in [-0.05, 0) is 42.5 Å². The van der Waals surface area contributed by atoms with Crippen LogP contribution in [0.15, 0.2) is 47.6 Å². The number of para-hydroxylation sites is 3. The lowest BCUT2D eigenvalue weighted by atomic mass is 9.98. The number of nitrogens with zero attached hydrogens (tertiary/aromatic N) is 2. The number of imidazole rings is 1. The van der Waals surface area contributed by atoms with Gasteiger partial charge in [0.05, 0.1) is 27.6 Å². The number of rotatable bonds is 6. The van der Waals surface area contributed by atoms with E-state index in [4.69, 9.17) is 0 Å². The predicted octanol–water partition coefficient (Wildman–Crippen LogP) is 4.42. The minimum Gasteiger partial charge on any atom is -0.371 e. The molecular formula is C21H25N3OS. The first-order chi connectivity index (χ1) is 12.8. The highest BCUT2D eigenvalue weighted by Gasteiger charge is 2.21. The van der Waals surface area contributed by atoms with Gasteiger partial charge in [-0.2, -0.15) is 0 Å². The number of aromatic nitrogens is 2. The van der Waals surface area contributed by atoms with Gasteiger partial charge in [0.25, 0.3) is 0 Å². The van der Waals surface area contributed by atoms with E-state index in [9.17, 15) is 4.21 Å². The van der Waals surface area contributed by atoms with Crippen molar-refractivity contribution in [1.82, 2.24) is 9.97 Å². The third kappa shape index (κ3) is 3.40. The summed E-state index contributed by atoms with van der Waals surface area (Å²) in [5.74, 6) is 0.506. The second kappa shape index (κ2) is 7.62. The summed E-state index contributed by atoms with van der Waals surface area (Å²) in [6.45, 7) is 4.41. The van der Waals surface area contributed by atoms with Gasteiger partial charge in [-0.15, -0.1) is 0 Å².